The van der Waals surface area contributed by atoms with Gasteiger partial charge in [0.2, 0.25) is 0 Å². The Morgan fingerprint density at radius 2 is 2.08 bits per heavy atom. The summed E-state index contributed by atoms with van der Waals surface area (Å²) in [5.41, 5.74) is 0.751. The Balaban J connectivity index is 0.00000625. The van der Waals surface area contributed by atoms with Crippen LogP contribution in [0.2, 0.25) is 0 Å². The van der Waals surface area contributed by atoms with E-state index in [2.05, 4.69) is 29.5 Å². The van der Waals surface area contributed by atoms with Gasteiger partial charge in [-0.15, -0.1) is 24.0 Å². The molecule has 26 heavy (non-hydrogen) atoms. The Bertz CT molecular complexity index is 602. The van der Waals surface area contributed by atoms with Gasteiger partial charge in [0.05, 0.1) is 18.2 Å². The van der Waals surface area contributed by atoms with E-state index in [1.807, 2.05) is 13.0 Å². The van der Waals surface area contributed by atoms with Crippen molar-refractivity contribution in [3.05, 3.63) is 35.1 Å². The second-order valence-electron chi connectivity index (χ2n) is 6.50. The van der Waals surface area contributed by atoms with Crippen LogP contribution in [0.5, 0.6) is 0 Å². The van der Waals surface area contributed by atoms with E-state index in [9.17, 15) is 9.50 Å². The zero-order chi connectivity index (χ0) is 18.7. The average molecular weight is 476 g/mol. The van der Waals surface area contributed by atoms with Crippen LogP contribution >= 0.6 is 24.0 Å². The molecule has 0 fully saturated rings. The second-order valence-corrected chi connectivity index (χ2v) is 6.50. The van der Waals surface area contributed by atoms with Crippen LogP contribution in [-0.2, 0) is 6.54 Å². The molecule has 1 aromatic carbocycles. The number of nitriles is 1. The van der Waals surface area contributed by atoms with Crippen molar-refractivity contribution < 1.29 is 9.50 Å². The molecular weight excluding hydrogens is 446 g/mol. The largest absolute Gasteiger partial charge is 0.396 e. The molecule has 146 valence electrons. The minimum Gasteiger partial charge on any atom is -0.396 e. The predicted molar refractivity (Wildman–Crippen MR) is 114 cm³/mol. The van der Waals surface area contributed by atoms with E-state index in [-0.39, 0.29) is 37.1 Å². The number of hydrogen-bond donors (Lipinski definition) is 3. The van der Waals surface area contributed by atoms with Gasteiger partial charge in [-0.1, -0.05) is 19.9 Å². The fraction of sp³-hybridized carbons (Fsp3) is 0.579. The maximum atomic E-state index is 13.9. The highest BCUT2D eigenvalue weighted by Gasteiger charge is 2.11. The number of nitrogens with zero attached hydrogens (tertiary/aromatic N) is 2. The first-order chi connectivity index (χ1) is 12.0. The number of guanidine groups is 1. The molecule has 0 spiro atoms. The van der Waals surface area contributed by atoms with Gasteiger partial charge >= 0.3 is 0 Å². The number of halogens is 2. The monoisotopic (exact) mass is 476 g/mol. The van der Waals surface area contributed by atoms with Gasteiger partial charge in [-0.2, -0.15) is 5.26 Å². The van der Waals surface area contributed by atoms with Crippen molar-refractivity contribution in [2.45, 2.75) is 40.2 Å². The molecule has 0 amide bonds. The lowest BCUT2D eigenvalue weighted by molar-refractivity contribution is 0.243. The number of benzene rings is 1. The number of nitrogens with one attached hydrogen (secondary N) is 2. The van der Waals surface area contributed by atoms with Gasteiger partial charge in [0.1, 0.15) is 5.82 Å². The van der Waals surface area contributed by atoms with Gasteiger partial charge < -0.3 is 15.7 Å². The minimum atomic E-state index is -0.420. The summed E-state index contributed by atoms with van der Waals surface area (Å²) < 4.78 is 13.9. The lowest BCUT2D eigenvalue weighted by Crippen LogP contribution is -2.40. The SMILES string of the molecule is CCNC(=NCc1ccc(C#N)cc1F)NCC(CCO)CC(C)C.I. The molecule has 1 rings (SSSR count). The molecule has 0 saturated heterocycles. The van der Waals surface area contributed by atoms with Crippen LogP contribution in [0.3, 0.4) is 0 Å². The normalized spacial score (nSPS) is 12.3. The molecule has 0 saturated carbocycles. The molecule has 3 N–H and O–H groups in total. The smallest absolute Gasteiger partial charge is 0.191 e. The van der Waals surface area contributed by atoms with E-state index in [4.69, 9.17) is 5.26 Å². The topological polar surface area (TPSA) is 80.4 Å². The number of aliphatic imine (C=N–C) groups is 1. The Morgan fingerprint density at radius 1 is 1.35 bits per heavy atom. The van der Waals surface area contributed by atoms with Crippen molar-refractivity contribution in [2.24, 2.45) is 16.8 Å². The average Bonchev–Trinajstić information content (AvgIpc) is 2.57. The van der Waals surface area contributed by atoms with Gasteiger partial charge in [-0.3, -0.25) is 0 Å². The number of aliphatic hydroxyl groups is 1. The lowest BCUT2D eigenvalue weighted by Gasteiger charge is -2.20. The highest BCUT2D eigenvalue weighted by atomic mass is 127. The van der Waals surface area contributed by atoms with E-state index < -0.39 is 5.82 Å². The first kappa shape index (κ1) is 24.6. The second kappa shape index (κ2) is 13.8. The van der Waals surface area contributed by atoms with E-state index in [1.165, 1.54) is 6.07 Å². The standard InChI is InChI=1S/C19H29FN4O.HI/c1-4-22-19(23-12-16(7-8-25)9-14(2)3)24-13-17-6-5-15(11-21)10-18(17)20;/h5-6,10,14,16,25H,4,7-9,12-13H2,1-3H3,(H2,22,23,24);1H. The third-order valence-corrected chi connectivity index (χ3v) is 3.83. The maximum absolute atomic E-state index is 13.9. The van der Waals surface area contributed by atoms with Crippen LogP contribution in [0.4, 0.5) is 4.39 Å². The van der Waals surface area contributed by atoms with E-state index in [0.29, 0.717) is 42.0 Å². The maximum Gasteiger partial charge on any atom is 0.191 e. The quantitative estimate of drug-likeness (QED) is 0.290. The first-order valence-corrected chi connectivity index (χ1v) is 8.81. The van der Waals surface area contributed by atoms with Gasteiger partial charge in [0.25, 0.3) is 0 Å². The molecule has 0 radical (unpaired) electrons. The molecule has 0 aliphatic heterocycles. The summed E-state index contributed by atoms with van der Waals surface area (Å²) in [6, 6.07) is 6.33. The first-order valence-electron chi connectivity index (χ1n) is 8.81. The third-order valence-electron chi connectivity index (χ3n) is 3.83. The summed E-state index contributed by atoms with van der Waals surface area (Å²) in [7, 11) is 0. The molecule has 0 aliphatic rings. The number of aliphatic hydroxyl groups excluding tert-OH is 1. The molecule has 1 atom stereocenters. The number of hydrogen-bond acceptors (Lipinski definition) is 3. The molecule has 5 nitrogen and oxygen atoms in total. The molecule has 0 bridgehead atoms. The van der Waals surface area contributed by atoms with E-state index >= 15 is 0 Å². The zero-order valence-electron chi connectivity index (χ0n) is 15.8. The van der Waals surface area contributed by atoms with Gasteiger partial charge in [-0.05, 0) is 43.7 Å². The van der Waals surface area contributed by atoms with Crippen molar-refractivity contribution in [3.8, 4) is 6.07 Å². The molecule has 0 heterocycles. The molecule has 7 heteroatoms. The number of rotatable bonds is 9. The summed E-state index contributed by atoms with van der Waals surface area (Å²) in [5.74, 6) is 1.13. The Kier molecular flexibility index (Phi) is 13.0. The van der Waals surface area contributed by atoms with Crippen molar-refractivity contribution in [3.63, 3.8) is 0 Å². The van der Waals surface area contributed by atoms with Gasteiger partial charge in [0, 0.05) is 25.3 Å². The predicted octanol–water partition coefficient (Wildman–Crippen LogP) is 3.42. The molecule has 1 aromatic rings. The summed E-state index contributed by atoms with van der Waals surface area (Å²) in [6.45, 7) is 8.08. The fourth-order valence-electron chi connectivity index (χ4n) is 2.64. The summed E-state index contributed by atoms with van der Waals surface area (Å²) >= 11 is 0. The summed E-state index contributed by atoms with van der Waals surface area (Å²) in [4.78, 5) is 4.42. The van der Waals surface area contributed by atoms with Crippen molar-refractivity contribution in [1.82, 2.24) is 10.6 Å². The molecule has 1 unspecified atom stereocenters. The lowest BCUT2D eigenvalue weighted by atomic mass is 9.94. The van der Waals surface area contributed by atoms with Crippen LogP contribution in [-0.4, -0.2) is 30.8 Å². The Hall–Kier alpha value is -1.40. The fourth-order valence-corrected chi connectivity index (χ4v) is 2.64. The van der Waals surface area contributed by atoms with Crippen LogP contribution in [0, 0.1) is 29.0 Å². The highest BCUT2D eigenvalue weighted by molar-refractivity contribution is 14.0. The summed E-state index contributed by atoms with van der Waals surface area (Å²) in [6.07, 6.45) is 1.77. The van der Waals surface area contributed by atoms with Gasteiger partial charge in [-0.25, -0.2) is 9.38 Å². The molecule has 0 aliphatic carbocycles. The van der Waals surface area contributed by atoms with Crippen LogP contribution in [0.1, 0.15) is 44.7 Å². The van der Waals surface area contributed by atoms with Crippen molar-refractivity contribution >= 4 is 29.9 Å². The van der Waals surface area contributed by atoms with Crippen molar-refractivity contribution in [1.29, 1.82) is 5.26 Å². The molecule has 0 aromatic heterocycles. The van der Waals surface area contributed by atoms with Crippen LogP contribution in [0.25, 0.3) is 0 Å². The highest BCUT2D eigenvalue weighted by Crippen LogP contribution is 2.14. The van der Waals surface area contributed by atoms with E-state index in [1.54, 1.807) is 12.1 Å². The Morgan fingerprint density at radius 3 is 2.62 bits per heavy atom. The van der Waals surface area contributed by atoms with Crippen LogP contribution in [0.15, 0.2) is 23.2 Å². The minimum absolute atomic E-state index is 0. The van der Waals surface area contributed by atoms with Crippen molar-refractivity contribution in [2.75, 3.05) is 19.7 Å². The third kappa shape index (κ3) is 9.34. The van der Waals surface area contributed by atoms with Gasteiger partial charge in [0.15, 0.2) is 5.96 Å². The van der Waals surface area contributed by atoms with E-state index in [0.717, 1.165) is 12.8 Å². The zero-order valence-corrected chi connectivity index (χ0v) is 18.1. The Labute approximate surface area is 173 Å². The molecular formula is C19H30FIN4O. The summed E-state index contributed by atoms with van der Waals surface area (Å²) in [5, 5.41) is 24.4. The van der Waals surface area contributed by atoms with Crippen LogP contribution < -0.4 is 10.6 Å².